The molecule has 0 aliphatic carbocycles. The molecular weight excluding hydrogens is 130 g/mol. The van der Waals surface area contributed by atoms with Crippen molar-refractivity contribution in [2.24, 2.45) is 7.05 Å². The van der Waals surface area contributed by atoms with Crippen LogP contribution in [0.25, 0.3) is 0 Å². The monoisotopic (exact) mass is 138 g/mol. The quantitative estimate of drug-likeness (QED) is 0.575. The van der Waals surface area contributed by atoms with E-state index in [1.165, 1.54) is 10.7 Å². The van der Waals surface area contributed by atoms with Crippen molar-refractivity contribution in [3.05, 3.63) is 22.6 Å². The fraction of sp³-hybridized carbons (Fsp3) is 0.333. The van der Waals surface area contributed by atoms with Gasteiger partial charge in [-0.15, -0.1) is 0 Å². The Kier molecular flexibility index (Phi) is 1.71. The highest BCUT2D eigenvalue weighted by Gasteiger charge is 1.95. The van der Waals surface area contributed by atoms with Gasteiger partial charge in [0.2, 0.25) is 0 Å². The molecule has 1 heterocycles. The van der Waals surface area contributed by atoms with Gasteiger partial charge in [0, 0.05) is 14.1 Å². The topological polar surface area (TPSA) is 46.9 Å². The summed E-state index contributed by atoms with van der Waals surface area (Å²) < 4.78 is 1.23. The predicted molar refractivity (Wildman–Crippen MR) is 37.9 cm³/mol. The molecule has 0 fully saturated rings. The van der Waals surface area contributed by atoms with Crippen LogP contribution in [0.1, 0.15) is 0 Å². The SMILES string of the molecule is CNc1c[c]nn(C)c1=O. The van der Waals surface area contributed by atoms with E-state index in [-0.39, 0.29) is 5.56 Å². The number of aromatic nitrogens is 2. The number of hydrogen-bond acceptors (Lipinski definition) is 3. The first kappa shape index (κ1) is 6.80. The minimum atomic E-state index is -0.138. The molecule has 1 rings (SSSR count). The van der Waals surface area contributed by atoms with Gasteiger partial charge in [0.25, 0.3) is 5.56 Å². The van der Waals surface area contributed by atoms with Gasteiger partial charge < -0.3 is 5.32 Å². The van der Waals surface area contributed by atoms with E-state index in [1.807, 2.05) is 0 Å². The first-order valence-corrected chi connectivity index (χ1v) is 2.88. The van der Waals surface area contributed by atoms with E-state index in [4.69, 9.17) is 0 Å². The van der Waals surface area contributed by atoms with Crippen molar-refractivity contribution in [2.45, 2.75) is 0 Å². The van der Waals surface area contributed by atoms with E-state index in [0.29, 0.717) is 5.69 Å². The van der Waals surface area contributed by atoms with Crippen LogP contribution in [0.15, 0.2) is 10.9 Å². The van der Waals surface area contributed by atoms with Gasteiger partial charge in [0.1, 0.15) is 11.9 Å². The Morgan fingerprint density at radius 1 is 1.80 bits per heavy atom. The summed E-state index contributed by atoms with van der Waals surface area (Å²) in [6.45, 7) is 0. The molecule has 0 amide bonds. The zero-order chi connectivity index (χ0) is 7.56. The van der Waals surface area contributed by atoms with Crippen molar-refractivity contribution in [3.63, 3.8) is 0 Å². The summed E-state index contributed by atoms with van der Waals surface area (Å²) in [4.78, 5) is 11.0. The standard InChI is InChI=1S/C6H8N3O/c1-7-5-3-4-8-9(2)6(5)10/h3,7H,1-2H3. The fourth-order valence-electron chi connectivity index (χ4n) is 0.641. The number of nitrogens with one attached hydrogen (secondary N) is 1. The Labute approximate surface area is 58.5 Å². The maximum atomic E-state index is 11.0. The summed E-state index contributed by atoms with van der Waals surface area (Å²) in [6, 6.07) is 1.52. The lowest BCUT2D eigenvalue weighted by Crippen LogP contribution is -2.21. The molecule has 1 aromatic heterocycles. The van der Waals surface area contributed by atoms with Gasteiger partial charge in [0.05, 0.1) is 0 Å². The molecule has 4 nitrogen and oxygen atoms in total. The van der Waals surface area contributed by atoms with Gasteiger partial charge in [-0.2, -0.15) is 5.10 Å². The summed E-state index contributed by atoms with van der Waals surface area (Å²) in [6.07, 6.45) is 2.57. The van der Waals surface area contributed by atoms with E-state index in [1.54, 1.807) is 14.1 Å². The highest BCUT2D eigenvalue weighted by molar-refractivity contribution is 5.37. The molecule has 1 N–H and O–H groups in total. The van der Waals surface area contributed by atoms with Gasteiger partial charge in [-0.25, -0.2) is 4.68 Å². The molecule has 0 spiro atoms. The van der Waals surface area contributed by atoms with Crippen LogP contribution in [-0.4, -0.2) is 16.8 Å². The fourth-order valence-corrected chi connectivity index (χ4v) is 0.641. The van der Waals surface area contributed by atoms with Crippen molar-refractivity contribution in [1.29, 1.82) is 0 Å². The molecular formula is C6H8N3O. The molecule has 0 saturated heterocycles. The summed E-state index contributed by atoms with van der Waals surface area (Å²) in [5, 5.41) is 6.36. The Morgan fingerprint density at radius 2 is 2.50 bits per heavy atom. The highest BCUT2D eigenvalue weighted by atomic mass is 16.1. The lowest BCUT2D eigenvalue weighted by atomic mass is 10.5. The van der Waals surface area contributed by atoms with E-state index < -0.39 is 0 Å². The van der Waals surface area contributed by atoms with Gasteiger partial charge in [0.15, 0.2) is 0 Å². The molecule has 0 atom stereocenters. The summed E-state index contributed by atoms with van der Waals surface area (Å²) in [5.74, 6) is 0. The maximum Gasteiger partial charge on any atom is 0.289 e. The summed E-state index contributed by atoms with van der Waals surface area (Å²) in [5.41, 5.74) is 0.374. The van der Waals surface area contributed by atoms with Crippen LogP contribution in [-0.2, 0) is 7.05 Å². The van der Waals surface area contributed by atoms with Crippen LogP contribution in [0.2, 0.25) is 0 Å². The van der Waals surface area contributed by atoms with Crippen molar-refractivity contribution >= 4 is 5.69 Å². The van der Waals surface area contributed by atoms with Gasteiger partial charge in [-0.05, 0) is 6.07 Å². The van der Waals surface area contributed by atoms with Crippen LogP contribution in [0.3, 0.4) is 0 Å². The third-order valence-electron chi connectivity index (χ3n) is 1.21. The van der Waals surface area contributed by atoms with Crippen LogP contribution >= 0.6 is 0 Å². The molecule has 1 aromatic rings. The van der Waals surface area contributed by atoms with Crippen molar-refractivity contribution in [3.8, 4) is 0 Å². The molecule has 53 valence electrons. The highest BCUT2D eigenvalue weighted by Crippen LogP contribution is 1.90. The van der Waals surface area contributed by atoms with Gasteiger partial charge in [-0.1, -0.05) is 0 Å². The first-order chi connectivity index (χ1) is 4.75. The second-order valence-corrected chi connectivity index (χ2v) is 1.87. The zero-order valence-electron chi connectivity index (χ0n) is 5.88. The molecule has 0 aliphatic rings. The van der Waals surface area contributed by atoms with Gasteiger partial charge >= 0.3 is 0 Å². The molecule has 0 bridgehead atoms. The molecule has 0 saturated carbocycles. The van der Waals surface area contributed by atoms with Crippen LogP contribution in [0.5, 0.6) is 0 Å². The van der Waals surface area contributed by atoms with E-state index in [2.05, 4.69) is 16.6 Å². The van der Waals surface area contributed by atoms with Crippen molar-refractivity contribution in [2.75, 3.05) is 12.4 Å². The van der Waals surface area contributed by atoms with Gasteiger partial charge in [-0.3, -0.25) is 4.79 Å². The number of aryl methyl sites for hydroxylation is 1. The largest absolute Gasteiger partial charge is 0.384 e. The number of hydrogen-bond donors (Lipinski definition) is 1. The number of nitrogens with zero attached hydrogens (tertiary/aromatic N) is 2. The summed E-state index contributed by atoms with van der Waals surface area (Å²) >= 11 is 0. The Bertz CT molecular complexity index is 279. The number of anilines is 1. The average Bonchev–Trinajstić information content (AvgIpc) is 1.95. The Hall–Kier alpha value is -1.32. The Morgan fingerprint density at radius 3 is 3.00 bits per heavy atom. The molecule has 0 aliphatic heterocycles. The van der Waals surface area contributed by atoms with Crippen LogP contribution in [0.4, 0.5) is 5.69 Å². The smallest absolute Gasteiger partial charge is 0.289 e. The molecule has 10 heavy (non-hydrogen) atoms. The molecule has 0 unspecified atom stereocenters. The minimum Gasteiger partial charge on any atom is -0.384 e. The average molecular weight is 138 g/mol. The summed E-state index contributed by atoms with van der Waals surface area (Å²) in [7, 11) is 3.27. The normalized spacial score (nSPS) is 9.40. The van der Waals surface area contributed by atoms with Crippen molar-refractivity contribution in [1.82, 2.24) is 9.78 Å². The van der Waals surface area contributed by atoms with E-state index >= 15 is 0 Å². The lowest BCUT2D eigenvalue weighted by Gasteiger charge is -1.98. The lowest BCUT2D eigenvalue weighted by molar-refractivity contribution is 0.706. The predicted octanol–water partition coefficient (Wildman–Crippen LogP) is -0.378. The third kappa shape index (κ3) is 1.00. The maximum absolute atomic E-state index is 11.0. The van der Waals surface area contributed by atoms with Crippen LogP contribution < -0.4 is 10.9 Å². The first-order valence-electron chi connectivity index (χ1n) is 2.88. The minimum absolute atomic E-state index is 0.138. The van der Waals surface area contributed by atoms with Crippen molar-refractivity contribution < 1.29 is 0 Å². The zero-order valence-corrected chi connectivity index (χ0v) is 5.88. The second kappa shape index (κ2) is 2.51. The van der Waals surface area contributed by atoms with E-state index in [0.717, 1.165) is 0 Å². The van der Waals surface area contributed by atoms with E-state index in [9.17, 15) is 4.79 Å². The second-order valence-electron chi connectivity index (χ2n) is 1.87. The molecule has 0 aromatic carbocycles. The number of rotatable bonds is 1. The molecule has 1 radical (unpaired) electrons. The Balaban J connectivity index is 3.28. The third-order valence-corrected chi connectivity index (χ3v) is 1.21. The molecule has 4 heteroatoms. The van der Waals surface area contributed by atoms with Crippen LogP contribution in [0, 0.1) is 6.20 Å².